The molecule has 1 aliphatic heterocycles. The summed E-state index contributed by atoms with van der Waals surface area (Å²) in [5.74, 6) is -0.0457. The summed E-state index contributed by atoms with van der Waals surface area (Å²) in [6, 6.07) is 5.36. The Morgan fingerprint density at radius 2 is 2.12 bits per heavy atom. The van der Waals surface area contributed by atoms with Crippen LogP contribution in [0, 0.1) is 6.92 Å². The van der Waals surface area contributed by atoms with E-state index in [1.165, 1.54) is 17.6 Å². The molecule has 0 radical (unpaired) electrons. The number of hydrogen-bond donors (Lipinski definition) is 2. The lowest BCUT2D eigenvalue weighted by Crippen LogP contribution is -2.43. The second kappa shape index (κ2) is 7.19. The van der Waals surface area contributed by atoms with Crippen LogP contribution in [-0.4, -0.2) is 42.9 Å². The molecule has 3 rings (SSSR count). The zero-order chi connectivity index (χ0) is 17.1. The minimum atomic E-state index is -0.313. The molecule has 2 aromatic heterocycles. The molecular formula is C17H21N3O3S. The normalized spacial score (nSPS) is 15.2. The summed E-state index contributed by atoms with van der Waals surface area (Å²) in [5.41, 5.74) is 0.875. The number of piperidine rings is 1. The Morgan fingerprint density at radius 3 is 2.79 bits per heavy atom. The maximum Gasteiger partial charge on any atom is 0.291 e. The number of aryl methyl sites for hydroxylation is 1. The predicted molar refractivity (Wildman–Crippen MR) is 93.7 cm³/mol. The fourth-order valence-electron chi connectivity index (χ4n) is 2.86. The smallest absolute Gasteiger partial charge is 0.291 e. The number of carbonyl (C=O) groups is 2. The summed E-state index contributed by atoms with van der Waals surface area (Å²) in [6.07, 6.45) is 3.39. The van der Waals surface area contributed by atoms with E-state index in [1.807, 2.05) is 24.9 Å². The van der Waals surface area contributed by atoms with Crippen LogP contribution in [0.1, 0.15) is 38.6 Å². The van der Waals surface area contributed by atoms with Gasteiger partial charge < -0.3 is 20.0 Å². The summed E-state index contributed by atoms with van der Waals surface area (Å²) in [5, 5.41) is 6.74. The highest BCUT2D eigenvalue weighted by atomic mass is 32.1. The quantitative estimate of drug-likeness (QED) is 0.892. The summed E-state index contributed by atoms with van der Waals surface area (Å²) >= 11 is 1.31. The Kier molecular flexibility index (Phi) is 5.01. The van der Waals surface area contributed by atoms with E-state index in [2.05, 4.69) is 10.6 Å². The highest BCUT2D eigenvalue weighted by Gasteiger charge is 2.25. The van der Waals surface area contributed by atoms with Crippen molar-refractivity contribution in [3.8, 4) is 0 Å². The number of carbonyl (C=O) groups excluding carboxylic acids is 2. The summed E-state index contributed by atoms with van der Waals surface area (Å²) in [7, 11) is 1.86. The van der Waals surface area contributed by atoms with Crippen molar-refractivity contribution in [1.29, 1.82) is 0 Å². The van der Waals surface area contributed by atoms with Gasteiger partial charge in [-0.05, 0) is 56.6 Å². The average Bonchev–Trinajstić information content (AvgIpc) is 3.24. The first-order valence-corrected chi connectivity index (χ1v) is 8.81. The number of rotatable bonds is 4. The van der Waals surface area contributed by atoms with Gasteiger partial charge in [-0.25, -0.2) is 0 Å². The second-order valence-corrected chi connectivity index (χ2v) is 7.00. The van der Waals surface area contributed by atoms with Crippen LogP contribution in [0.3, 0.4) is 0 Å². The highest BCUT2D eigenvalue weighted by molar-refractivity contribution is 7.18. The first-order valence-electron chi connectivity index (χ1n) is 7.99. The fraction of sp³-hybridized carbons (Fsp3) is 0.412. The molecule has 2 aromatic rings. The van der Waals surface area contributed by atoms with Gasteiger partial charge in [-0.1, -0.05) is 0 Å². The van der Waals surface area contributed by atoms with Crippen LogP contribution < -0.4 is 10.6 Å². The number of nitrogens with zero attached hydrogens (tertiary/aromatic N) is 1. The molecule has 1 aliphatic rings. The van der Waals surface area contributed by atoms with Crippen LogP contribution in [0.5, 0.6) is 0 Å². The zero-order valence-electron chi connectivity index (χ0n) is 13.8. The van der Waals surface area contributed by atoms with E-state index >= 15 is 0 Å². The van der Waals surface area contributed by atoms with E-state index in [9.17, 15) is 9.59 Å². The number of furan rings is 1. The SMILES string of the molecule is Cc1cc(NC(=O)c2ccco2)sc1C(=O)N(C)C1CCNCC1. The van der Waals surface area contributed by atoms with Gasteiger partial charge in [0.2, 0.25) is 0 Å². The van der Waals surface area contributed by atoms with Crippen LogP contribution in [0.25, 0.3) is 0 Å². The van der Waals surface area contributed by atoms with Crippen molar-refractivity contribution < 1.29 is 14.0 Å². The predicted octanol–water partition coefficient (Wildman–Crippen LogP) is 2.73. The third-order valence-electron chi connectivity index (χ3n) is 4.27. The van der Waals surface area contributed by atoms with Gasteiger partial charge in [-0.2, -0.15) is 0 Å². The first-order chi connectivity index (χ1) is 11.6. The van der Waals surface area contributed by atoms with E-state index in [4.69, 9.17) is 4.42 Å². The van der Waals surface area contributed by atoms with E-state index in [-0.39, 0.29) is 23.6 Å². The molecular weight excluding hydrogens is 326 g/mol. The van der Waals surface area contributed by atoms with Gasteiger partial charge in [0, 0.05) is 13.1 Å². The molecule has 6 nitrogen and oxygen atoms in total. The molecule has 24 heavy (non-hydrogen) atoms. The van der Waals surface area contributed by atoms with E-state index in [0.29, 0.717) is 9.88 Å². The van der Waals surface area contributed by atoms with E-state index < -0.39 is 0 Å². The molecule has 3 heterocycles. The molecule has 128 valence electrons. The molecule has 0 spiro atoms. The lowest BCUT2D eigenvalue weighted by molar-refractivity contribution is 0.0707. The van der Waals surface area contributed by atoms with Gasteiger partial charge in [0.05, 0.1) is 16.1 Å². The summed E-state index contributed by atoms with van der Waals surface area (Å²) in [6.45, 7) is 3.77. The van der Waals surface area contributed by atoms with Crippen LogP contribution in [0.15, 0.2) is 28.9 Å². The molecule has 0 aliphatic carbocycles. The Balaban J connectivity index is 1.71. The second-order valence-electron chi connectivity index (χ2n) is 5.95. The molecule has 1 fully saturated rings. The van der Waals surface area contributed by atoms with E-state index in [1.54, 1.807) is 12.1 Å². The van der Waals surface area contributed by atoms with Crippen molar-refractivity contribution in [2.75, 3.05) is 25.5 Å². The van der Waals surface area contributed by atoms with Crippen LogP contribution in [-0.2, 0) is 0 Å². The van der Waals surface area contributed by atoms with Crippen LogP contribution in [0.2, 0.25) is 0 Å². The van der Waals surface area contributed by atoms with Crippen molar-refractivity contribution >= 4 is 28.2 Å². The molecule has 0 bridgehead atoms. The molecule has 0 atom stereocenters. The molecule has 2 amide bonds. The van der Waals surface area contributed by atoms with Crippen molar-refractivity contribution in [3.05, 3.63) is 40.7 Å². The van der Waals surface area contributed by atoms with E-state index in [0.717, 1.165) is 31.5 Å². The van der Waals surface area contributed by atoms with Crippen molar-refractivity contribution in [2.24, 2.45) is 0 Å². The minimum absolute atomic E-state index is 0.0166. The number of nitrogens with one attached hydrogen (secondary N) is 2. The van der Waals surface area contributed by atoms with Crippen molar-refractivity contribution in [1.82, 2.24) is 10.2 Å². The molecule has 2 N–H and O–H groups in total. The molecule has 0 saturated carbocycles. The Hall–Kier alpha value is -2.12. The lowest BCUT2D eigenvalue weighted by atomic mass is 10.1. The number of anilines is 1. The third kappa shape index (κ3) is 3.52. The molecule has 0 aromatic carbocycles. The van der Waals surface area contributed by atoms with Gasteiger partial charge in [0.15, 0.2) is 5.76 Å². The average molecular weight is 347 g/mol. The lowest BCUT2D eigenvalue weighted by Gasteiger charge is -2.31. The van der Waals surface area contributed by atoms with Crippen molar-refractivity contribution in [3.63, 3.8) is 0 Å². The molecule has 0 unspecified atom stereocenters. The monoisotopic (exact) mass is 347 g/mol. The number of hydrogen-bond acceptors (Lipinski definition) is 5. The summed E-state index contributed by atoms with van der Waals surface area (Å²) in [4.78, 5) is 27.3. The van der Waals surface area contributed by atoms with Crippen LogP contribution in [0.4, 0.5) is 5.00 Å². The van der Waals surface area contributed by atoms with Gasteiger partial charge in [0.1, 0.15) is 0 Å². The maximum atomic E-state index is 12.8. The molecule has 7 heteroatoms. The minimum Gasteiger partial charge on any atom is -0.459 e. The Morgan fingerprint density at radius 1 is 1.38 bits per heavy atom. The van der Waals surface area contributed by atoms with Crippen molar-refractivity contribution in [2.45, 2.75) is 25.8 Å². The van der Waals surface area contributed by atoms with Crippen LogP contribution >= 0.6 is 11.3 Å². The zero-order valence-corrected chi connectivity index (χ0v) is 14.6. The first kappa shape index (κ1) is 16.7. The van der Waals surface area contributed by atoms with Gasteiger partial charge in [0.25, 0.3) is 11.8 Å². The number of amides is 2. The molecule has 1 saturated heterocycles. The van der Waals surface area contributed by atoms with Gasteiger partial charge >= 0.3 is 0 Å². The van der Waals surface area contributed by atoms with Gasteiger partial charge in [-0.3, -0.25) is 9.59 Å². The topological polar surface area (TPSA) is 74.6 Å². The Labute approximate surface area is 144 Å². The third-order valence-corrected chi connectivity index (χ3v) is 5.41. The fourth-order valence-corrected chi connectivity index (χ4v) is 3.91. The van der Waals surface area contributed by atoms with Gasteiger partial charge in [-0.15, -0.1) is 11.3 Å². The summed E-state index contributed by atoms with van der Waals surface area (Å²) < 4.78 is 5.08. The largest absolute Gasteiger partial charge is 0.459 e. The number of thiophene rings is 1. The maximum absolute atomic E-state index is 12.8. The standard InChI is InChI=1S/C17H21N3O3S/c1-11-10-14(19-16(21)13-4-3-9-23-13)24-15(11)17(22)20(2)12-5-7-18-8-6-12/h3-4,9-10,12,18H,5-8H2,1-2H3,(H,19,21). The highest BCUT2D eigenvalue weighted by Crippen LogP contribution is 2.29. The Bertz CT molecular complexity index is 718.